The summed E-state index contributed by atoms with van der Waals surface area (Å²) in [6, 6.07) is 10.2. The van der Waals surface area contributed by atoms with Crippen LogP contribution in [0.5, 0.6) is 0 Å². The molecule has 2 aromatic rings. The maximum atomic E-state index is 9.02. The van der Waals surface area contributed by atoms with Crippen LogP contribution in [0.4, 0.5) is 0 Å². The predicted molar refractivity (Wildman–Crippen MR) is 94.0 cm³/mol. The Balaban J connectivity index is 0.000000924. The van der Waals surface area contributed by atoms with Crippen LogP contribution in [0, 0.1) is 18.3 Å². The van der Waals surface area contributed by atoms with Crippen LogP contribution in [-0.4, -0.2) is 16.2 Å². The lowest BCUT2D eigenvalue weighted by Crippen LogP contribution is -2.26. The van der Waals surface area contributed by atoms with E-state index >= 15 is 0 Å². The first-order valence-electron chi connectivity index (χ1n) is 8.50. The highest BCUT2D eigenvalue weighted by atomic mass is 15.1. The highest BCUT2D eigenvalue weighted by Gasteiger charge is 2.24. The van der Waals surface area contributed by atoms with Crippen molar-refractivity contribution < 1.29 is 0 Å². The third kappa shape index (κ3) is 3.80. The Bertz CT molecular complexity index is 673. The van der Waals surface area contributed by atoms with Gasteiger partial charge in [-0.25, -0.2) is 0 Å². The molecule has 1 aliphatic rings. The zero-order valence-electron chi connectivity index (χ0n) is 14.3. The quantitative estimate of drug-likeness (QED) is 0.869. The molecule has 0 spiro atoms. The van der Waals surface area contributed by atoms with Crippen molar-refractivity contribution in [3.63, 3.8) is 0 Å². The molecule has 3 N–H and O–H groups in total. The van der Waals surface area contributed by atoms with Gasteiger partial charge in [-0.2, -0.15) is 10.4 Å². The minimum atomic E-state index is 0.358. The Labute approximate surface area is 138 Å². The molecule has 4 heteroatoms. The van der Waals surface area contributed by atoms with Gasteiger partial charge >= 0.3 is 0 Å². The fourth-order valence-electron chi connectivity index (χ4n) is 3.23. The minimum absolute atomic E-state index is 0.358. The van der Waals surface area contributed by atoms with E-state index < -0.39 is 0 Å². The fraction of sp³-hybridized carbons (Fsp3) is 0.474. The maximum absolute atomic E-state index is 9.02. The molecule has 3 rings (SSSR count). The fourth-order valence-corrected chi connectivity index (χ4v) is 3.23. The number of hydrogen-bond donors (Lipinski definition) is 2. The summed E-state index contributed by atoms with van der Waals surface area (Å²) in [6.07, 6.45) is 4.43. The summed E-state index contributed by atoms with van der Waals surface area (Å²) in [5.41, 5.74) is 11.0. The van der Waals surface area contributed by atoms with Crippen molar-refractivity contribution in [2.45, 2.75) is 58.4 Å². The van der Waals surface area contributed by atoms with Gasteiger partial charge in [-0.3, -0.25) is 5.10 Å². The Kier molecular flexibility index (Phi) is 5.95. The largest absolute Gasteiger partial charge is 0.328 e. The maximum Gasteiger partial charge on any atom is 0.0991 e. The molecule has 1 fully saturated rings. The Morgan fingerprint density at radius 2 is 1.91 bits per heavy atom. The normalized spacial score (nSPS) is 20.3. The second kappa shape index (κ2) is 7.94. The van der Waals surface area contributed by atoms with Crippen molar-refractivity contribution in [3.8, 4) is 17.3 Å². The number of nitriles is 1. The molecule has 0 unspecified atom stereocenters. The number of benzene rings is 1. The highest BCUT2D eigenvalue weighted by molar-refractivity contribution is 5.65. The molecule has 1 aliphatic carbocycles. The lowest BCUT2D eigenvalue weighted by atomic mass is 9.83. The summed E-state index contributed by atoms with van der Waals surface area (Å²) in [5.74, 6) is 0.533. The first-order valence-corrected chi connectivity index (χ1v) is 8.50. The van der Waals surface area contributed by atoms with Crippen LogP contribution in [-0.2, 0) is 0 Å². The summed E-state index contributed by atoms with van der Waals surface area (Å²) in [6.45, 7) is 6.11. The van der Waals surface area contributed by atoms with E-state index in [-0.39, 0.29) is 0 Å². The van der Waals surface area contributed by atoms with Gasteiger partial charge in [0.25, 0.3) is 0 Å². The van der Waals surface area contributed by atoms with Gasteiger partial charge in [0.2, 0.25) is 0 Å². The van der Waals surface area contributed by atoms with Crippen LogP contribution in [0.2, 0.25) is 0 Å². The van der Waals surface area contributed by atoms with Gasteiger partial charge in [0.05, 0.1) is 17.3 Å². The molecule has 1 heterocycles. The van der Waals surface area contributed by atoms with Crippen molar-refractivity contribution in [1.82, 2.24) is 10.2 Å². The smallest absolute Gasteiger partial charge is 0.0991 e. The topological polar surface area (TPSA) is 78.5 Å². The van der Waals surface area contributed by atoms with Crippen LogP contribution in [0.3, 0.4) is 0 Å². The number of aromatic nitrogens is 2. The van der Waals surface area contributed by atoms with E-state index in [1.807, 2.05) is 38.1 Å². The zero-order chi connectivity index (χ0) is 16.8. The monoisotopic (exact) mass is 310 g/mol. The molecule has 0 bridgehead atoms. The molecule has 1 aromatic carbocycles. The van der Waals surface area contributed by atoms with Gasteiger partial charge in [-0.15, -0.1) is 0 Å². The molecule has 0 aliphatic heterocycles. The van der Waals surface area contributed by atoms with E-state index in [4.69, 9.17) is 11.0 Å². The average molecular weight is 310 g/mol. The van der Waals surface area contributed by atoms with Gasteiger partial charge in [-0.05, 0) is 50.3 Å². The summed E-state index contributed by atoms with van der Waals surface area (Å²) in [4.78, 5) is 0. The molecule has 0 amide bonds. The van der Waals surface area contributed by atoms with Crippen molar-refractivity contribution >= 4 is 0 Å². The molecule has 1 aromatic heterocycles. The van der Waals surface area contributed by atoms with Gasteiger partial charge < -0.3 is 5.73 Å². The summed E-state index contributed by atoms with van der Waals surface area (Å²) >= 11 is 0. The van der Waals surface area contributed by atoms with Crippen LogP contribution in [0.1, 0.15) is 62.3 Å². The molecular weight excluding hydrogens is 284 g/mol. The highest BCUT2D eigenvalue weighted by Crippen LogP contribution is 2.35. The first-order chi connectivity index (χ1) is 11.2. The zero-order valence-corrected chi connectivity index (χ0v) is 14.3. The average Bonchev–Trinajstić information content (AvgIpc) is 2.99. The number of nitrogens with zero attached hydrogens (tertiary/aromatic N) is 2. The lowest BCUT2D eigenvalue weighted by Gasteiger charge is -2.25. The second-order valence-corrected chi connectivity index (χ2v) is 5.92. The third-order valence-electron chi connectivity index (χ3n) is 4.49. The van der Waals surface area contributed by atoms with E-state index in [0.29, 0.717) is 17.5 Å². The molecule has 122 valence electrons. The SMILES string of the molecule is CC.Cc1c(-c2cccc(C#N)c2)n[nH]c1C1CCC(N)CC1. The number of nitrogens with two attached hydrogens (primary N) is 1. The molecule has 1 saturated carbocycles. The van der Waals surface area contributed by atoms with Crippen molar-refractivity contribution in [1.29, 1.82) is 5.26 Å². The lowest BCUT2D eigenvalue weighted by molar-refractivity contribution is 0.389. The molecule has 4 nitrogen and oxygen atoms in total. The van der Waals surface area contributed by atoms with Gasteiger partial charge in [-0.1, -0.05) is 26.0 Å². The molecule has 0 atom stereocenters. The van der Waals surface area contributed by atoms with E-state index in [9.17, 15) is 0 Å². The van der Waals surface area contributed by atoms with Gasteiger partial charge in [0.15, 0.2) is 0 Å². The molecule has 0 radical (unpaired) electrons. The third-order valence-corrected chi connectivity index (χ3v) is 4.49. The van der Waals surface area contributed by atoms with Gasteiger partial charge in [0, 0.05) is 23.2 Å². The summed E-state index contributed by atoms with van der Waals surface area (Å²) in [7, 11) is 0. The van der Waals surface area contributed by atoms with Crippen LogP contribution < -0.4 is 5.73 Å². The standard InChI is InChI=1S/C17H20N4.C2H6/c1-11-16(13-5-7-15(19)8-6-13)20-21-17(11)14-4-2-3-12(9-14)10-18;1-2/h2-4,9,13,15H,5-8,19H2,1H3,(H,20,21);1-2H3. The Hall–Kier alpha value is -2.12. The van der Waals surface area contributed by atoms with Crippen molar-refractivity contribution in [2.24, 2.45) is 5.73 Å². The van der Waals surface area contributed by atoms with E-state index in [2.05, 4.69) is 23.2 Å². The van der Waals surface area contributed by atoms with E-state index in [1.54, 1.807) is 0 Å². The second-order valence-electron chi connectivity index (χ2n) is 5.92. The number of hydrogen-bond acceptors (Lipinski definition) is 3. The van der Waals surface area contributed by atoms with E-state index in [1.165, 1.54) is 11.3 Å². The van der Waals surface area contributed by atoms with E-state index in [0.717, 1.165) is 36.9 Å². The Morgan fingerprint density at radius 1 is 1.22 bits per heavy atom. The number of H-pyrrole nitrogens is 1. The summed E-state index contributed by atoms with van der Waals surface area (Å²) in [5, 5.41) is 16.7. The molecule has 0 saturated heterocycles. The predicted octanol–water partition coefficient (Wildman–Crippen LogP) is 4.27. The minimum Gasteiger partial charge on any atom is -0.328 e. The van der Waals surface area contributed by atoms with Gasteiger partial charge in [0.1, 0.15) is 0 Å². The van der Waals surface area contributed by atoms with Crippen LogP contribution in [0.25, 0.3) is 11.3 Å². The van der Waals surface area contributed by atoms with Crippen LogP contribution in [0.15, 0.2) is 24.3 Å². The molecule has 23 heavy (non-hydrogen) atoms. The number of aromatic amines is 1. The van der Waals surface area contributed by atoms with Crippen molar-refractivity contribution in [2.75, 3.05) is 0 Å². The molecular formula is C19H26N4. The number of rotatable bonds is 2. The number of nitrogens with one attached hydrogen (secondary N) is 1. The Morgan fingerprint density at radius 3 is 2.57 bits per heavy atom. The van der Waals surface area contributed by atoms with Crippen LogP contribution >= 0.6 is 0 Å². The van der Waals surface area contributed by atoms with Crippen molar-refractivity contribution in [3.05, 3.63) is 41.1 Å². The first kappa shape index (κ1) is 17.2. The summed E-state index contributed by atoms with van der Waals surface area (Å²) < 4.78 is 0.